The van der Waals surface area contributed by atoms with Gasteiger partial charge in [0.25, 0.3) is 0 Å². The predicted octanol–water partition coefficient (Wildman–Crippen LogP) is 1.47. The Morgan fingerprint density at radius 3 is 2.65 bits per heavy atom. The first kappa shape index (κ1) is 15.0. The van der Waals surface area contributed by atoms with E-state index < -0.39 is 0 Å². The number of imidazole rings is 1. The van der Waals surface area contributed by atoms with Crippen LogP contribution in [0.25, 0.3) is 11.0 Å². The molecule has 0 amide bonds. The fraction of sp³-hybridized carbons (Fsp3) is 0.333. The van der Waals surface area contributed by atoms with Gasteiger partial charge in [-0.3, -0.25) is 0 Å². The number of benzene rings is 1. The van der Waals surface area contributed by atoms with Gasteiger partial charge in [-0.05, 0) is 54.4 Å². The number of aromatic nitrogens is 2. The van der Waals surface area contributed by atoms with Gasteiger partial charge in [-0.2, -0.15) is 0 Å². The van der Waals surface area contributed by atoms with E-state index in [1.165, 1.54) is 0 Å². The van der Waals surface area contributed by atoms with Crippen LogP contribution in [-0.2, 0) is 0 Å². The van der Waals surface area contributed by atoms with Crippen molar-refractivity contribution in [2.75, 3.05) is 32.5 Å². The molecule has 0 unspecified atom stereocenters. The topological polar surface area (TPSA) is 75.9 Å². The third kappa shape index (κ3) is 3.81. The number of thiocarbonyl (C=S) groups is 1. The molecule has 1 aromatic carbocycles. The standard InChI is InChI=1S/C12H16BrN5OS/c1-18(2)4-3-14-12(20)17-8-6-10-9(5-7(8)13)15-11(19)16-10/h5-6H,3-4H2,1-2H3,(H2,14,17,20)(H2,15,16,19). The minimum absolute atomic E-state index is 0.226. The zero-order valence-corrected chi connectivity index (χ0v) is 13.6. The molecule has 0 saturated heterocycles. The van der Waals surface area contributed by atoms with Crippen molar-refractivity contribution in [3.8, 4) is 0 Å². The first-order chi connectivity index (χ1) is 9.45. The predicted molar refractivity (Wildman–Crippen MR) is 89.4 cm³/mol. The number of anilines is 1. The Morgan fingerprint density at radius 1 is 1.35 bits per heavy atom. The van der Waals surface area contributed by atoms with E-state index in [1.54, 1.807) is 0 Å². The zero-order valence-electron chi connectivity index (χ0n) is 11.2. The number of halogens is 1. The second kappa shape index (κ2) is 6.38. The molecule has 1 aromatic heterocycles. The van der Waals surface area contributed by atoms with E-state index in [4.69, 9.17) is 12.2 Å². The van der Waals surface area contributed by atoms with Crippen molar-refractivity contribution in [3.05, 3.63) is 27.1 Å². The summed E-state index contributed by atoms with van der Waals surface area (Å²) in [7, 11) is 4.01. The maximum atomic E-state index is 11.2. The highest BCUT2D eigenvalue weighted by molar-refractivity contribution is 9.10. The SMILES string of the molecule is CN(C)CCNC(=S)Nc1cc2[nH]c(=O)[nH]c2cc1Br. The average Bonchev–Trinajstić information content (AvgIpc) is 2.68. The van der Waals surface area contributed by atoms with Crippen molar-refractivity contribution in [3.63, 3.8) is 0 Å². The minimum Gasteiger partial charge on any atom is -0.361 e. The molecule has 0 radical (unpaired) electrons. The van der Waals surface area contributed by atoms with Crippen LogP contribution in [0, 0.1) is 0 Å². The van der Waals surface area contributed by atoms with Crippen LogP contribution in [0.5, 0.6) is 0 Å². The number of nitrogens with zero attached hydrogens (tertiary/aromatic N) is 1. The minimum atomic E-state index is -0.226. The van der Waals surface area contributed by atoms with E-state index in [0.29, 0.717) is 5.11 Å². The third-order valence-electron chi connectivity index (χ3n) is 2.70. The molecule has 1 heterocycles. The summed E-state index contributed by atoms with van der Waals surface area (Å²) in [6.07, 6.45) is 0. The molecule has 0 aliphatic rings. The van der Waals surface area contributed by atoms with Crippen molar-refractivity contribution in [2.45, 2.75) is 0 Å². The van der Waals surface area contributed by atoms with Crippen LogP contribution >= 0.6 is 28.1 Å². The summed E-state index contributed by atoms with van der Waals surface area (Å²) in [4.78, 5) is 18.7. The highest BCUT2D eigenvalue weighted by Gasteiger charge is 2.06. The summed E-state index contributed by atoms with van der Waals surface area (Å²) < 4.78 is 0.831. The Bertz CT molecular complexity index is 678. The molecule has 20 heavy (non-hydrogen) atoms. The number of H-pyrrole nitrogens is 2. The quantitative estimate of drug-likeness (QED) is 0.623. The van der Waals surface area contributed by atoms with E-state index >= 15 is 0 Å². The van der Waals surface area contributed by atoms with Crippen molar-refractivity contribution < 1.29 is 0 Å². The van der Waals surface area contributed by atoms with Gasteiger partial charge in [-0.15, -0.1) is 0 Å². The lowest BCUT2D eigenvalue weighted by molar-refractivity contribution is 0.413. The van der Waals surface area contributed by atoms with Crippen LogP contribution in [0.2, 0.25) is 0 Å². The van der Waals surface area contributed by atoms with Gasteiger partial charge in [0.2, 0.25) is 0 Å². The van der Waals surface area contributed by atoms with E-state index in [1.807, 2.05) is 26.2 Å². The lowest BCUT2D eigenvalue weighted by Crippen LogP contribution is -2.34. The number of nitrogens with one attached hydrogen (secondary N) is 4. The lowest BCUT2D eigenvalue weighted by Gasteiger charge is -2.14. The number of aromatic amines is 2. The molecular weight excluding hydrogens is 342 g/mol. The van der Waals surface area contributed by atoms with Crippen LogP contribution < -0.4 is 16.3 Å². The Labute approximate surface area is 130 Å². The molecule has 0 bridgehead atoms. The smallest absolute Gasteiger partial charge is 0.323 e. The van der Waals surface area contributed by atoms with Crippen molar-refractivity contribution in [1.29, 1.82) is 0 Å². The fourth-order valence-corrected chi connectivity index (χ4v) is 2.37. The highest BCUT2D eigenvalue weighted by Crippen LogP contribution is 2.26. The molecule has 0 atom stereocenters. The maximum Gasteiger partial charge on any atom is 0.323 e. The summed E-state index contributed by atoms with van der Waals surface area (Å²) in [5, 5.41) is 6.77. The van der Waals surface area contributed by atoms with E-state index in [-0.39, 0.29) is 5.69 Å². The Morgan fingerprint density at radius 2 is 2.00 bits per heavy atom. The Kier molecular flexibility index (Phi) is 4.79. The van der Waals surface area contributed by atoms with Gasteiger partial charge >= 0.3 is 5.69 Å². The van der Waals surface area contributed by atoms with Gasteiger partial charge in [-0.1, -0.05) is 0 Å². The van der Waals surface area contributed by atoms with Gasteiger partial charge in [0, 0.05) is 17.6 Å². The van der Waals surface area contributed by atoms with Gasteiger partial charge in [-0.25, -0.2) is 4.79 Å². The van der Waals surface area contributed by atoms with Crippen molar-refractivity contribution in [1.82, 2.24) is 20.2 Å². The molecule has 2 aromatic rings. The molecular formula is C12H16BrN5OS. The van der Waals surface area contributed by atoms with Gasteiger partial charge < -0.3 is 25.5 Å². The Balaban J connectivity index is 2.07. The highest BCUT2D eigenvalue weighted by atomic mass is 79.9. The van der Waals surface area contributed by atoms with Crippen LogP contribution in [0.4, 0.5) is 5.69 Å². The number of fused-ring (bicyclic) bond motifs is 1. The molecule has 2 rings (SSSR count). The van der Waals surface area contributed by atoms with E-state index in [0.717, 1.165) is 34.3 Å². The number of likely N-dealkylation sites (N-methyl/N-ethyl adjacent to an activating group) is 1. The molecule has 0 aliphatic carbocycles. The number of hydrogen-bond acceptors (Lipinski definition) is 3. The molecule has 4 N–H and O–H groups in total. The molecule has 0 spiro atoms. The van der Waals surface area contributed by atoms with Crippen LogP contribution in [-0.4, -0.2) is 47.2 Å². The summed E-state index contributed by atoms with van der Waals surface area (Å²) >= 11 is 8.69. The van der Waals surface area contributed by atoms with Gasteiger partial charge in [0.1, 0.15) is 0 Å². The number of hydrogen-bond donors (Lipinski definition) is 4. The lowest BCUT2D eigenvalue weighted by atomic mass is 10.3. The molecule has 0 saturated carbocycles. The molecule has 0 fully saturated rings. The van der Waals surface area contributed by atoms with Gasteiger partial charge in [0.15, 0.2) is 5.11 Å². The summed E-state index contributed by atoms with van der Waals surface area (Å²) in [6, 6.07) is 3.66. The molecule has 108 valence electrons. The molecule has 0 aliphatic heterocycles. The first-order valence-corrected chi connectivity index (χ1v) is 7.27. The molecule has 8 heteroatoms. The second-order valence-electron chi connectivity index (χ2n) is 4.64. The van der Waals surface area contributed by atoms with E-state index in [2.05, 4.69) is 41.4 Å². The fourth-order valence-electron chi connectivity index (χ4n) is 1.71. The third-order valence-corrected chi connectivity index (χ3v) is 3.60. The Hall–Kier alpha value is -1.38. The van der Waals surface area contributed by atoms with Crippen LogP contribution in [0.1, 0.15) is 0 Å². The normalized spacial score (nSPS) is 11.0. The van der Waals surface area contributed by atoms with Crippen LogP contribution in [0.15, 0.2) is 21.4 Å². The summed E-state index contributed by atoms with van der Waals surface area (Å²) in [5.41, 5.74) is 2.06. The van der Waals surface area contributed by atoms with Crippen LogP contribution in [0.3, 0.4) is 0 Å². The summed E-state index contributed by atoms with van der Waals surface area (Å²) in [5.74, 6) is 0. The van der Waals surface area contributed by atoms with Crippen molar-refractivity contribution in [2.24, 2.45) is 0 Å². The van der Waals surface area contributed by atoms with Gasteiger partial charge in [0.05, 0.1) is 16.7 Å². The largest absolute Gasteiger partial charge is 0.361 e. The summed E-state index contributed by atoms with van der Waals surface area (Å²) in [6.45, 7) is 1.66. The average molecular weight is 358 g/mol. The monoisotopic (exact) mass is 357 g/mol. The first-order valence-electron chi connectivity index (χ1n) is 6.07. The maximum absolute atomic E-state index is 11.2. The second-order valence-corrected chi connectivity index (χ2v) is 5.90. The van der Waals surface area contributed by atoms with E-state index in [9.17, 15) is 4.79 Å². The number of rotatable bonds is 4. The molecule has 6 nitrogen and oxygen atoms in total. The zero-order chi connectivity index (χ0) is 14.7. The van der Waals surface area contributed by atoms with Crippen molar-refractivity contribution >= 4 is 50.0 Å².